The standard InChI is InChI=1S/C20H16N4O3S/c1-10-4-5-11(2)16(8-10)24-18(26)14-7-6-13(9-15(14)19(24)27)17(25)21-20-23-22-12(3)28-20/h4-9H,1-3H3,(H,21,23,25). The Morgan fingerprint density at radius 2 is 1.71 bits per heavy atom. The number of rotatable bonds is 3. The monoisotopic (exact) mass is 392 g/mol. The lowest BCUT2D eigenvalue weighted by molar-refractivity contribution is 0.0925. The van der Waals surface area contributed by atoms with Crippen molar-refractivity contribution in [1.82, 2.24) is 10.2 Å². The Balaban J connectivity index is 1.67. The lowest BCUT2D eigenvalue weighted by Crippen LogP contribution is -2.30. The molecule has 0 atom stereocenters. The molecule has 0 fully saturated rings. The van der Waals surface area contributed by atoms with Gasteiger partial charge in [0.1, 0.15) is 5.01 Å². The summed E-state index contributed by atoms with van der Waals surface area (Å²) in [6, 6.07) is 10.1. The van der Waals surface area contributed by atoms with Crippen molar-refractivity contribution in [2.75, 3.05) is 10.2 Å². The van der Waals surface area contributed by atoms with E-state index in [1.54, 1.807) is 6.92 Å². The number of aromatic nitrogens is 2. The van der Waals surface area contributed by atoms with E-state index in [1.807, 2.05) is 32.0 Å². The van der Waals surface area contributed by atoms with E-state index >= 15 is 0 Å². The van der Waals surface area contributed by atoms with E-state index in [-0.39, 0.29) is 22.6 Å². The minimum atomic E-state index is -0.435. The zero-order chi connectivity index (χ0) is 20.0. The maximum Gasteiger partial charge on any atom is 0.266 e. The molecular formula is C20H16N4O3S. The van der Waals surface area contributed by atoms with Crippen LogP contribution in [-0.2, 0) is 0 Å². The van der Waals surface area contributed by atoms with Gasteiger partial charge in [0.05, 0.1) is 16.8 Å². The Labute approximate surface area is 165 Å². The van der Waals surface area contributed by atoms with Crippen molar-refractivity contribution in [2.45, 2.75) is 20.8 Å². The first kappa shape index (κ1) is 18.0. The van der Waals surface area contributed by atoms with Crippen molar-refractivity contribution >= 4 is 39.9 Å². The van der Waals surface area contributed by atoms with Gasteiger partial charge in [-0.3, -0.25) is 19.7 Å². The van der Waals surface area contributed by atoms with Gasteiger partial charge in [0.2, 0.25) is 5.13 Å². The van der Waals surface area contributed by atoms with Crippen LogP contribution in [0.2, 0.25) is 0 Å². The van der Waals surface area contributed by atoms with Crippen LogP contribution in [-0.4, -0.2) is 27.9 Å². The highest BCUT2D eigenvalue weighted by Crippen LogP contribution is 2.32. The number of hydrogen-bond acceptors (Lipinski definition) is 6. The summed E-state index contributed by atoms with van der Waals surface area (Å²) in [6.07, 6.45) is 0. The Bertz CT molecular complexity index is 1150. The van der Waals surface area contributed by atoms with Crippen LogP contribution in [0.5, 0.6) is 0 Å². The molecule has 0 saturated heterocycles. The third kappa shape index (κ3) is 2.97. The molecule has 1 aliphatic heterocycles. The van der Waals surface area contributed by atoms with Gasteiger partial charge >= 0.3 is 0 Å². The van der Waals surface area contributed by atoms with Crippen molar-refractivity contribution in [2.24, 2.45) is 0 Å². The van der Waals surface area contributed by atoms with Gasteiger partial charge in [0.25, 0.3) is 17.7 Å². The van der Waals surface area contributed by atoms with E-state index in [2.05, 4.69) is 15.5 Å². The number of benzene rings is 2. The summed E-state index contributed by atoms with van der Waals surface area (Å²) >= 11 is 1.25. The molecule has 0 spiro atoms. The van der Waals surface area contributed by atoms with E-state index in [0.717, 1.165) is 16.1 Å². The van der Waals surface area contributed by atoms with E-state index < -0.39 is 11.8 Å². The average Bonchev–Trinajstić information content (AvgIpc) is 3.18. The predicted octanol–water partition coefficient (Wildman–Crippen LogP) is 3.52. The summed E-state index contributed by atoms with van der Waals surface area (Å²) in [4.78, 5) is 39.4. The fraction of sp³-hybridized carbons (Fsp3) is 0.150. The molecule has 8 heteroatoms. The number of fused-ring (bicyclic) bond motifs is 1. The number of hydrogen-bond donors (Lipinski definition) is 1. The fourth-order valence-electron chi connectivity index (χ4n) is 3.08. The fourth-order valence-corrected chi connectivity index (χ4v) is 3.66. The van der Waals surface area contributed by atoms with Gasteiger partial charge in [-0.25, -0.2) is 4.90 Å². The molecule has 0 bridgehead atoms. The van der Waals surface area contributed by atoms with Crippen molar-refractivity contribution in [1.29, 1.82) is 0 Å². The molecule has 1 aliphatic rings. The van der Waals surface area contributed by atoms with Crippen LogP contribution in [0.25, 0.3) is 0 Å². The lowest BCUT2D eigenvalue weighted by Gasteiger charge is -2.17. The highest BCUT2D eigenvalue weighted by atomic mass is 32.1. The van der Waals surface area contributed by atoms with Gasteiger partial charge in [-0.2, -0.15) is 0 Å². The SMILES string of the molecule is Cc1ccc(C)c(N2C(=O)c3ccc(C(=O)Nc4nnc(C)s4)cc3C2=O)c1. The summed E-state index contributed by atoms with van der Waals surface area (Å²) in [5.41, 5.74) is 3.10. The van der Waals surface area contributed by atoms with Crippen LogP contribution in [0.15, 0.2) is 36.4 Å². The molecule has 0 radical (unpaired) electrons. The molecule has 3 amide bonds. The van der Waals surface area contributed by atoms with Crippen LogP contribution in [0.3, 0.4) is 0 Å². The number of anilines is 2. The number of nitrogens with zero attached hydrogens (tertiary/aromatic N) is 3. The number of nitrogens with one attached hydrogen (secondary N) is 1. The first-order valence-corrected chi connectivity index (χ1v) is 9.38. The summed E-state index contributed by atoms with van der Waals surface area (Å²) in [5, 5.41) is 11.5. The molecule has 1 N–H and O–H groups in total. The second kappa shape index (κ2) is 6.65. The highest BCUT2D eigenvalue weighted by Gasteiger charge is 2.37. The molecule has 7 nitrogen and oxygen atoms in total. The minimum Gasteiger partial charge on any atom is -0.296 e. The van der Waals surface area contributed by atoms with E-state index in [1.165, 1.54) is 34.4 Å². The first-order valence-electron chi connectivity index (χ1n) is 8.56. The Hall–Kier alpha value is -3.39. The van der Waals surface area contributed by atoms with Crippen LogP contribution >= 0.6 is 11.3 Å². The number of carbonyl (C=O) groups excluding carboxylic acids is 3. The molecule has 2 heterocycles. The first-order chi connectivity index (χ1) is 13.3. The normalized spacial score (nSPS) is 13.0. The quantitative estimate of drug-likeness (QED) is 0.689. The van der Waals surface area contributed by atoms with Gasteiger partial charge in [0.15, 0.2) is 0 Å². The number of imide groups is 1. The maximum atomic E-state index is 13.0. The van der Waals surface area contributed by atoms with Crippen LogP contribution < -0.4 is 10.2 Å². The van der Waals surface area contributed by atoms with Gasteiger partial charge in [0, 0.05) is 5.56 Å². The third-order valence-corrected chi connectivity index (χ3v) is 5.25. The molecule has 3 aromatic rings. The molecule has 2 aromatic carbocycles. The average molecular weight is 392 g/mol. The van der Waals surface area contributed by atoms with Crippen molar-refractivity contribution in [3.05, 3.63) is 69.2 Å². The molecule has 140 valence electrons. The van der Waals surface area contributed by atoms with E-state index in [0.29, 0.717) is 10.8 Å². The van der Waals surface area contributed by atoms with Crippen LogP contribution in [0.4, 0.5) is 10.8 Å². The number of amides is 3. The molecule has 4 rings (SSSR count). The van der Waals surface area contributed by atoms with Gasteiger partial charge in [-0.15, -0.1) is 10.2 Å². The zero-order valence-electron chi connectivity index (χ0n) is 15.4. The second-order valence-corrected chi connectivity index (χ2v) is 7.76. The summed E-state index contributed by atoms with van der Waals surface area (Å²) in [6.45, 7) is 5.54. The second-order valence-electron chi connectivity index (χ2n) is 6.58. The summed E-state index contributed by atoms with van der Waals surface area (Å²) in [7, 11) is 0. The topological polar surface area (TPSA) is 92.3 Å². The van der Waals surface area contributed by atoms with Crippen molar-refractivity contribution in [3.8, 4) is 0 Å². The largest absolute Gasteiger partial charge is 0.296 e. The van der Waals surface area contributed by atoms with Crippen LogP contribution in [0.1, 0.15) is 47.2 Å². The van der Waals surface area contributed by atoms with Gasteiger partial charge in [-0.1, -0.05) is 23.5 Å². The molecule has 1 aromatic heterocycles. The lowest BCUT2D eigenvalue weighted by atomic mass is 10.1. The minimum absolute atomic E-state index is 0.215. The zero-order valence-corrected chi connectivity index (χ0v) is 16.3. The van der Waals surface area contributed by atoms with Gasteiger partial charge in [-0.05, 0) is 56.2 Å². The Morgan fingerprint density at radius 1 is 0.964 bits per heavy atom. The summed E-state index contributed by atoms with van der Waals surface area (Å²) in [5.74, 6) is -1.24. The predicted molar refractivity (Wildman–Crippen MR) is 106 cm³/mol. The number of aryl methyl sites for hydroxylation is 3. The molecule has 28 heavy (non-hydrogen) atoms. The molecule has 0 saturated carbocycles. The molecule has 0 aliphatic carbocycles. The molecular weight excluding hydrogens is 376 g/mol. The highest BCUT2D eigenvalue weighted by molar-refractivity contribution is 7.15. The maximum absolute atomic E-state index is 13.0. The van der Waals surface area contributed by atoms with Gasteiger partial charge < -0.3 is 0 Å². The third-order valence-electron chi connectivity index (χ3n) is 4.50. The molecule has 0 unspecified atom stereocenters. The Morgan fingerprint density at radius 3 is 2.43 bits per heavy atom. The van der Waals surface area contributed by atoms with Crippen molar-refractivity contribution in [3.63, 3.8) is 0 Å². The van der Waals surface area contributed by atoms with Crippen molar-refractivity contribution < 1.29 is 14.4 Å². The summed E-state index contributed by atoms with van der Waals surface area (Å²) < 4.78 is 0. The Kier molecular flexibility index (Phi) is 4.27. The van der Waals surface area contributed by atoms with E-state index in [9.17, 15) is 14.4 Å². The van der Waals surface area contributed by atoms with Crippen LogP contribution in [0, 0.1) is 20.8 Å². The number of carbonyl (C=O) groups is 3. The van der Waals surface area contributed by atoms with E-state index in [4.69, 9.17) is 0 Å². The smallest absolute Gasteiger partial charge is 0.266 e.